The number of anilines is 1. The zero-order valence-corrected chi connectivity index (χ0v) is 15.1. The predicted molar refractivity (Wildman–Crippen MR) is 96.2 cm³/mol. The molecule has 1 aromatic carbocycles. The Labute approximate surface area is 138 Å². The molecule has 0 radical (unpaired) electrons. The lowest BCUT2D eigenvalue weighted by atomic mass is 10.1. The molecule has 1 aromatic rings. The van der Waals surface area contributed by atoms with Crippen molar-refractivity contribution in [1.82, 2.24) is 4.90 Å². The van der Waals surface area contributed by atoms with Crippen LogP contribution < -0.4 is 5.32 Å². The number of rotatable bonds is 4. The highest BCUT2D eigenvalue weighted by atomic mass is 32.2. The summed E-state index contributed by atoms with van der Waals surface area (Å²) in [5.41, 5.74) is 3.32. The van der Waals surface area contributed by atoms with E-state index in [1.165, 1.54) is 11.1 Å². The monoisotopic (exact) mass is 340 g/mol. The van der Waals surface area contributed by atoms with Gasteiger partial charge in [-0.15, -0.1) is 0 Å². The van der Waals surface area contributed by atoms with Crippen molar-refractivity contribution < 1.29 is 8.42 Å². The third kappa shape index (κ3) is 4.43. The van der Waals surface area contributed by atoms with Crippen molar-refractivity contribution >= 4 is 32.9 Å². The van der Waals surface area contributed by atoms with E-state index in [0.29, 0.717) is 11.5 Å². The van der Waals surface area contributed by atoms with E-state index < -0.39 is 9.84 Å². The molecule has 22 heavy (non-hydrogen) atoms. The second-order valence-corrected chi connectivity index (χ2v) is 8.67. The zero-order chi connectivity index (χ0) is 16.3. The van der Waals surface area contributed by atoms with E-state index in [2.05, 4.69) is 44.3 Å². The van der Waals surface area contributed by atoms with Crippen molar-refractivity contribution in [2.75, 3.05) is 23.4 Å². The smallest absolute Gasteiger partial charge is 0.173 e. The fraction of sp³-hybridized carbons (Fsp3) is 0.562. The quantitative estimate of drug-likeness (QED) is 0.854. The average Bonchev–Trinajstić information content (AvgIpc) is 2.74. The Balaban J connectivity index is 2.13. The standard InChI is InChI=1S/C16H24N2O2S2/c1-4-6-18(15-5-7-22(19,20)11-15)16(21)17-14-9-12(2)8-13(3)10-14/h8-10,15H,4-7,11H2,1-3H3,(H,17,21)/t15-/m0/s1. The fourth-order valence-electron chi connectivity index (χ4n) is 2.95. The van der Waals surface area contributed by atoms with Crippen LogP contribution in [0.25, 0.3) is 0 Å². The van der Waals surface area contributed by atoms with E-state index in [1.54, 1.807) is 0 Å². The Kier molecular flexibility index (Phi) is 5.45. The van der Waals surface area contributed by atoms with Crippen LogP contribution in [0.2, 0.25) is 0 Å². The first-order valence-electron chi connectivity index (χ1n) is 7.67. The Bertz CT molecular complexity index is 636. The fourth-order valence-corrected chi connectivity index (χ4v) is 5.04. The number of hydrogen-bond acceptors (Lipinski definition) is 3. The Morgan fingerprint density at radius 2 is 1.95 bits per heavy atom. The van der Waals surface area contributed by atoms with Crippen molar-refractivity contribution in [3.63, 3.8) is 0 Å². The maximum Gasteiger partial charge on any atom is 0.173 e. The van der Waals surface area contributed by atoms with Gasteiger partial charge in [0.2, 0.25) is 0 Å². The van der Waals surface area contributed by atoms with Crippen LogP contribution in [0.15, 0.2) is 18.2 Å². The van der Waals surface area contributed by atoms with Crippen molar-refractivity contribution in [3.8, 4) is 0 Å². The van der Waals surface area contributed by atoms with Gasteiger partial charge in [-0.1, -0.05) is 13.0 Å². The third-order valence-corrected chi connectivity index (χ3v) is 5.93. The average molecular weight is 341 g/mol. The van der Waals surface area contributed by atoms with E-state index in [0.717, 1.165) is 18.7 Å². The highest BCUT2D eigenvalue weighted by Gasteiger charge is 2.33. The number of thiocarbonyl (C=S) groups is 1. The second-order valence-electron chi connectivity index (χ2n) is 6.06. The lowest BCUT2D eigenvalue weighted by Gasteiger charge is -2.30. The summed E-state index contributed by atoms with van der Waals surface area (Å²) in [6, 6.07) is 6.21. The van der Waals surface area contributed by atoms with Gasteiger partial charge in [-0.3, -0.25) is 0 Å². The first-order valence-corrected chi connectivity index (χ1v) is 9.90. The summed E-state index contributed by atoms with van der Waals surface area (Å²) in [6.45, 7) is 6.95. The minimum atomic E-state index is -2.91. The zero-order valence-electron chi connectivity index (χ0n) is 13.4. The number of nitrogens with zero attached hydrogens (tertiary/aromatic N) is 1. The molecule has 1 saturated heterocycles. The van der Waals surface area contributed by atoms with Gasteiger partial charge in [-0.2, -0.15) is 0 Å². The molecule has 1 heterocycles. The molecular formula is C16H24N2O2S2. The summed E-state index contributed by atoms with van der Waals surface area (Å²) < 4.78 is 23.5. The maximum absolute atomic E-state index is 11.7. The minimum Gasteiger partial charge on any atom is -0.345 e. The van der Waals surface area contributed by atoms with Crippen molar-refractivity contribution in [2.45, 2.75) is 39.7 Å². The molecule has 0 spiro atoms. The molecule has 6 heteroatoms. The van der Waals surface area contributed by atoms with Crippen molar-refractivity contribution in [3.05, 3.63) is 29.3 Å². The summed E-state index contributed by atoms with van der Waals surface area (Å²) in [6.07, 6.45) is 1.60. The topological polar surface area (TPSA) is 49.4 Å². The first-order chi connectivity index (χ1) is 10.3. The molecule has 122 valence electrons. The minimum absolute atomic E-state index is 0.00384. The molecule has 0 aromatic heterocycles. The number of benzene rings is 1. The molecule has 0 amide bonds. The van der Waals surface area contributed by atoms with Gasteiger partial charge in [-0.25, -0.2) is 8.42 Å². The van der Waals surface area contributed by atoms with Gasteiger partial charge in [0.15, 0.2) is 14.9 Å². The lowest BCUT2D eigenvalue weighted by Crippen LogP contribution is -2.43. The molecule has 1 N–H and O–H groups in total. The van der Waals surface area contributed by atoms with Crippen molar-refractivity contribution in [1.29, 1.82) is 0 Å². The summed E-state index contributed by atoms with van der Waals surface area (Å²) in [5, 5.41) is 3.89. The van der Waals surface area contributed by atoms with E-state index in [1.807, 2.05) is 4.90 Å². The van der Waals surface area contributed by atoms with Crippen LogP contribution in [0, 0.1) is 13.8 Å². The van der Waals surface area contributed by atoms with Crippen LogP contribution in [-0.2, 0) is 9.84 Å². The van der Waals surface area contributed by atoms with Crippen LogP contribution in [0.3, 0.4) is 0 Å². The molecule has 1 atom stereocenters. The van der Waals surface area contributed by atoms with Crippen LogP contribution in [0.4, 0.5) is 5.69 Å². The first kappa shape index (κ1) is 17.2. The highest BCUT2D eigenvalue weighted by Crippen LogP contribution is 2.20. The SMILES string of the molecule is CCCN(C(=S)Nc1cc(C)cc(C)c1)[C@H]1CCS(=O)(=O)C1. The summed E-state index contributed by atoms with van der Waals surface area (Å²) >= 11 is 5.54. The van der Waals surface area contributed by atoms with Crippen molar-refractivity contribution in [2.24, 2.45) is 0 Å². The van der Waals surface area contributed by atoms with E-state index in [9.17, 15) is 8.42 Å². The van der Waals surface area contributed by atoms with Crippen LogP contribution in [-0.4, -0.2) is 42.5 Å². The molecule has 4 nitrogen and oxygen atoms in total. The Morgan fingerprint density at radius 3 is 2.45 bits per heavy atom. The van der Waals surface area contributed by atoms with Gasteiger partial charge < -0.3 is 10.2 Å². The molecule has 1 aliphatic heterocycles. The number of aryl methyl sites for hydroxylation is 2. The van der Waals surface area contributed by atoms with Gasteiger partial charge in [-0.05, 0) is 62.2 Å². The van der Waals surface area contributed by atoms with Gasteiger partial charge >= 0.3 is 0 Å². The van der Waals surface area contributed by atoms with E-state index in [-0.39, 0.29) is 17.5 Å². The number of hydrogen-bond donors (Lipinski definition) is 1. The molecule has 2 rings (SSSR count). The third-order valence-electron chi connectivity index (χ3n) is 3.85. The second kappa shape index (κ2) is 6.96. The Morgan fingerprint density at radius 1 is 1.32 bits per heavy atom. The number of nitrogens with one attached hydrogen (secondary N) is 1. The molecule has 1 fully saturated rings. The normalized spacial score (nSPS) is 19.9. The lowest BCUT2D eigenvalue weighted by molar-refractivity contribution is 0.339. The molecule has 0 aliphatic carbocycles. The van der Waals surface area contributed by atoms with Crippen LogP contribution >= 0.6 is 12.2 Å². The van der Waals surface area contributed by atoms with Gasteiger partial charge in [0.25, 0.3) is 0 Å². The van der Waals surface area contributed by atoms with Gasteiger partial charge in [0.1, 0.15) is 0 Å². The molecule has 0 unspecified atom stereocenters. The molecule has 0 saturated carbocycles. The molecular weight excluding hydrogens is 316 g/mol. The van der Waals surface area contributed by atoms with E-state index >= 15 is 0 Å². The van der Waals surface area contributed by atoms with Gasteiger partial charge in [0, 0.05) is 18.3 Å². The highest BCUT2D eigenvalue weighted by molar-refractivity contribution is 7.91. The van der Waals surface area contributed by atoms with Gasteiger partial charge in [0.05, 0.1) is 11.5 Å². The summed E-state index contributed by atoms with van der Waals surface area (Å²) in [4.78, 5) is 2.04. The van der Waals surface area contributed by atoms with Crippen LogP contribution in [0.1, 0.15) is 30.9 Å². The summed E-state index contributed by atoms with van der Waals surface area (Å²) in [7, 11) is -2.91. The largest absolute Gasteiger partial charge is 0.345 e. The Hall–Kier alpha value is -1.14. The molecule has 1 aliphatic rings. The maximum atomic E-state index is 11.7. The summed E-state index contributed by atoms with van der Waals surface area (Å²) in [5.74, 6) is 0.478. The van der Waals surface area contributed by atoms with Crippen LogP contribution in [0.5, 0.6) is 0 Å². The van der Waals surface area contributed by atoms with E-state index in [4.69, 9.17) is 12.2 Å². The number of sulfone groups is 1. The molecule has 0 bridgehead atoms. The predicted octanol–water partition coefficient (Wildman–Crippen LogP) is 2.90.